The molecule has 1 aliphatic rings. The topological polar surface area (TPSA) is 33.2 Å². The highest BCUT2D eigenvalue weighted by atomic mass is 16.2. The summed E-state index contributed by atoms with van der Waals surface area (Å²) in [6.07, 6.45) is 3.65. The van der Waals surface area contributed by atoms with Gasteiger partial charge in [-0.2, -0.15) is 0 Å². The van der Waals surface area contributed by atoms with E-state index in [9.17, 15) is 4.79 Å². The molecule has 0 aromatic carbocycles. The Labute approximate surface area is 77.4 Å². The highest BCUT2D eigenvalue weighted by Crippen LogP contribution is 2.25. The van der Waals surface area contributed by atoms with E-state index in [4.69, 9.17) is 0 Å². The van der Waals surface area contributed by atoms with Crippen LogP contribution in [0.3, 0.4) is 0 Å². The molecular weight excluding hydrogens is 164 g/mol. The zero-order chi connectivity index (χ0) is 9.26. The van der Waals surface area contributed by atoms with Crippen LogP contribution in [0.25, 0.3) is 0 Å². The highest BCUT2D eigenvalue weighted by Gasteiger charge is 2.29. The van der Waals surface area contributed by atoms with Crippen molar-refractivity contribution in [3.8, 4) is 0 Å². The van der Waals surface area contributed by atoms with Crippen molar-refractivity contribution in [2.75, 3.05) is 13.1 Å². The average Bonchev–Trinajstić information content (AvgIpc) is 2.02. The fourth-order valence-electron chi connectivity index (χ4n) is 1.56. The second-order valence-electron chi connectivity index (χ2n) is 3.41. The molecule has 1 saturated heterocycles. The number of pyridine rings is 1. The highest BCUT2D eigenvalue weighted by molar-refractivity contribution is 5.74. The van der Waals surface area contributed by atoms with Crippen molar-refractivity contribution in [2.45, 2.75) is 12.8 Å². The Balaban J connectivity index is 1.98. The summed E-state index contributed by atoms with van der Waals surface area (Å²) in [7, 11) is 0. The molecule has 0 bridgehead atoms. The normalized spacial score (nSPS) is 16.8. The maximum Gasteiger partial charge on any atom is 0.219 e. The Morgan fingerprint density at radius 3 is 2.92 bits per heavy atom. The van der Waals surface area contributed by atoms with Crippen LogP contribution in [0.2, 0.25) is 0 Å². The Bertz CT molecular complexity index is 304. The van der Waals surface area contributed by atoms with E-state index in [2.05, 4.69) is 11.1 Å². The van der Waals surface area contributed by atoms with Gasteiger partial charge in [-0.3, -0.25) is 9.78 Å². The van der Waals surface area contributed by atoms with Gasteiger partial charge in [0.2, 0.25) is 5.91 Å². The minimum atomic E-state index is 0.167. The summed E-state index contributed by atoms with van der Waals surface area (Å²) >= 11 is 0. The molecule has 1 fully saturated rings. The summed E-state index contributed by atoms with van der Waals surface area (Å²) in [4.78, 5) is 16.8. The Morgan fingerprint density at radius 1 is 1.62 bits per heavy atom. The van der Waals surface area contributed by atoms with E-state index in [0.29, 0.717) is 5.92 Å². The van der Waals surface area contributed by atoms with E-state index in [-0.39, 0.29) is 5.91 Å². The first-order chi connectivity index (χ1) is 6.27. The van der Waals surface area contributed by atoms with Gasteiger partial charge < -0.3 is 4.90 Å². The van der Waals surface area contributed by atoms with Gasteiger partial charge in [0.05, 0.1) is 0 Å². The molecule has 1 amide bonds. The van der Waals surface area contributed by atoms with Gasteiger partial charge >= 0.3 is 0 Å². The van der Waals surface area contributed by atoms with Gasteiger partial charge in [-0.1, -0.05) is 6.07 Å². The molecule has 0 unspecified atom stereocenters. The molecule has 3 heteroatoms. The lowest BCUT2D eigenvalue weighted by molar-refractivity contribution is -0.133. The van der Waals surface area contributed by atoms with Gasteiger partial charge in [0, 0.05) is 38.3 Å². The van der Waals surface area contributed by atoms with E-state index < -0.39 is 0 Å². The number of carbonyl (C=O) groups excluding carboxylic acids is 1. The molecular formula is C10H12N2O. The number of hydrogen-bond donors (Lipinski definition) is 0. The number of likely N-dealkylation sites (tertiary alicyclic amines) is 1. The van der Waals surface area contributed by atoms with Crippen molar-refractivity contribution in [1.29, 1.82) is 0 Å². The predicted molar refractivity (Wildman–Crippen MR) is 49.2 cm³/mol. The van der Waals surface area contributed by atoms with E-state index in [0.717, 1.165) is 13.1 Å². The van der Waals surface area contributed by atoms with Gasteiger partial charge in [0.1, 0.15) is 0 Å². The first-order valence-electron chi connectivity index (χ1n) is 4.43. The Hall–Kier alpha value is -1.38. The minimum Gasteiger partial charge on any atom is -0.342 e. The molecule has 3 nitrogen and oxygen atoms in total. The number of carbonyl (C=O) groups is 1. The fourth-order valence-corrected chi connectivity index (χ4v) is 1.56. The molecule has 0 radical (unpaired) electrons. The lowest BCUT2D eigenvalue weighted by Crippen LogP contribution is -2.47. The van der Waals surface area contributed by atoms with E-state index in [1.165, 1.54) is 5.56 Å². The largest absolute Gasteiger partial charge is 0.342 e. The summed E-state index contributed by atoms with van der Waals surface area (Å²) in [6.45, 7) is 3.31. The molecule has 2 heterocycles. The van der Waals surface area contributed by atoms with Crippen molar-refractivity contribution in [3.05, 3.63) is 30.1 Å². The lowest BCUT2D eigenvalue weighted by atomic mass is 9.93. The molecule has 0 spiro atoms. The van der Waals surface area contributed by atoms with Crippen LogP contribution in [0.15, 0.2) is 24.5 Å². The number of aromatic nitrogens is 1. The standard InChI is InChI=1S/C10H12N2O/c1-8(13)12-6-10(7-12)9-3-2-4-11-5-9/h2-5,10H,6-7H2,1H3. The summed E-state index contributed by atoms with van der Waals surface area (Å²) in [5, 5.41) is 0. The van der Waals surface area contributed by atoms with E-state index >= 15 is 0 Å². The summed E-state index contributed by atoms with van der Waals surface area (Å²) in [5.74, 6) is 0.665. The van der Waals surface area contributed by atoms with E-state index in [1.807, 2.05) is 17.2 Å². The zero-order valence-electron chi connectivity index (χ0n) is 7.60. The third kappa shape index (κ3) is 1.54. The second kappa shape index (κ2) is 3.17. The first kappa shape index (κ1) is 8.23. The number of nitrogens with zero attached hydrogens (tertiary/aromatic N) is 2. The number of amides is 1. The third-order valence-corrected chi connectivity index (χ3v) is 2.48. The van der Waals surface area contributed by atoms with Crippen molar-refractivity contribution in [1.82, 2.24) is 9.88 Å². The molecule has 0 N–H and O–H groups in total. The molecule has 0 atom stereocenters. The monoisotopic (exact) mass is 176 g/mol. The molecule has 0 saturated carbocycles. The third-order valence-electron chi connectivity index (χ3n) is 2.48. The van der Waals surface area contributed by atoms with Crippen molar-refractivity contribution in [2.24, 2.45) is 0 Å². The maximum absolute atomic E-state index is 10.9. The lowest BCUT2D eigenvalue weighted by Gasteiger charge is -2.38. The van der Waals surface area contributed by atoms with Crippen molar-refractivity contribution < 1.29 is 4.79 Å². The van der Waals surface area contributed by atoms with Crippen LogP contribution in [0, 0.1) is 0 Å². The maximum atomic E-state index is 10.9. The molecule has 1 aromatic heterocycles. The molecule has 1 aliphatic heterocycles. The van der Waals surface area contributed by atoms with Gasteiger partial charge in [-0.25, -0.2) is 0 Å². The minimum absolute atomic E-state index is 0.167. The molecule has 1 aromatic rings. The summed E-state index contributed by atoms with van der Waals surface area (Å²) in [5.41, 5.74) is 1.24. The number of rotatable bonds is 1. The van der Waals surface area contributed by atoms with Crippen LogP contribution >= 0.6 is 0 Å². The average molecular weight is 176 g/mol. The van der Waals surface area contributed by atoms with Crippen LogP contribution in [0.1, 0.15) is 18.4 Å². The van der Waals surface area contributed by atoms with Gasteiger partial charge in [0.25, 0.3) is 0 Å². The Kier molecular flexibility index (Phi) is 2.00. The van der Waals surface area contributed by atoms with Gasteiger partial charge in [-0.15, -0.1) is 0 Å². The van der Waals surface area contributed by atoms with Crippen LogP contribution in [-0.4, -0.2) is 28.9 Å². The van der Waals surface area contributed by atoms with Gasteiger partial charge in [0.15, 0.2) is 0 Å². The Morgan fingerprint density at radius 2 is 2.38 bits per heavy atom. The molecule has 0 aliphatic carbocycles. The van der Waals surface area contributed by atoms with Gasteiger partial charge in [-0.05, 0) is 11.6 Å². The van der Waals surface area contributed by atoms with Crippen molar-refractivity contribution in [3.63, 3.8) is 0 Å². The smallest absolute Gasteiger partial charge is 0.219 e. The quantitative estimate of drug-likeness (QED) is 0.640. The molecule has 68 valence electrons. The van der Waals surface area contributed by atoms with Crippen LogP contribution < -0.4 is 0 Å². The second-order valence-corrected chi connectivity index (χ2v) is 3.41. The zero-order valence-corrected chi connectivity index (χ0v) is 7.60. The van der Waals surface area contributed by atoms with Crippen molar-refractivity contribution >= 4 is 5.91 Å². The molecule has 2 rings (SSSR count). The predicted octanol–water partition coefficient (Wildman–Crippen LogP) is 1.03. The summed E-state index contributed by atoms with van der Waals surface area (Å²) in [6, 6.07) is 4.00. The van der Waals surface area contributed by atoms with E-state index in [1.54, 1.807) is 13.1 Å². The van der Waals surface area contributed by atoms with Crippen LogP contribution in [0.5, 0.6) is 0 Å². The first-order valence-corrected chi connectivity index (χ1v) is 4.43. The van der Waals surface area contributed by atoms with Crippen LogP contribution in [-0.2, 0) is 4.79 Å². The SMILES string of the molecule is CC(=O)N1CC(c2cccnc2)C1. The number of hydrogen-bond acceptors (Lipinski definition) is 2. The molecule has 13 heavy (non-hydrogen) atoms. The fraction of sp³-hybridized carbons (Fsp3) is 0.400. The van der Waals surface area contributed by atoms with Crippen LogP contribution in [0.4, 0.5) is 0 Å². The summed E-state index contributed by atoms with van der Waals surface area (Å²) < 4.78 is 0.